The standard InChI is InChI=1S/C25H29N/c1-17(25(2,3)4)16-21-23(18-10-6-5-7-11-18)20-12-8-9-13-22(20)26-24(21)19-14-15-19/h5-13,17,19H,14-16H2,1-4H3/t17-/m1/s1. The van der Waals surface area contributed by atoms with Crippen molar-refractivity contribution >= 4 is 10.9 Å². The molecule has 3 aromatic rings. The second-order valence-corrected chi connectivity index (χ2v) is 8.98. The van der Waals surface area contributed by atoms with Gasteiger partial charge in [0.15, 0.2) is 0 Å². The van der Waals surface area contributed by atoms with Gasteiger partial charge in [0.05, 0.1) is 5.52 Å². The number of pyridine rings is 1. The highest BCUT2D eigenvalue weighted by Gasteiger charge is 2.32. The molecule has 0 bridgehead atoms. The van der Waals surface area contributed by atoms with Crippen LogP contribution in [0.3, 0.4) is 0 Å². The zero-order valence-corrected chi connectivity index (χ0v) is 16.4. The van der Waals surface area contributed by atoms with Gasteiger partial charge in [0.25, 0.3) is 0 Å². The molecule has 0 amide bonds. The maximum atomic E-state index is 5.16. The van der Waals surface area contributed by atoms with Gasteiger partial charge in [-0.3, -0.25) is 4.98 Å². The first-order valence-corrected chi connectivity index (χ1v) is 9.92. The van der Waals surface area contributed by atoms with E-state index in [0.717, 1.165) is 11.9 Å². The highest BCUT2D eigenvalue weighted by Crippen LogP contribution is 2.46. The zero-order valence-electron chi connectivity index (χ0n) is 16.4. The van der Waals surface area contributed by atoms with Crippen LogP contribution in [0, 0.1) is 11.3 Å². The highest BCUT2D eigenvalue weighted by molar-refractivity contribution is 5.96. The van der Waals surface area contributed by atoms with Gasteiger partial charge in [-0.05, 0) is 53.4 Å². The van der Waals surface area contributed by atoms with Crippen molar-refractivity contribution in [2.75, 3.05) is 0 Å². The minimum atomic E-state index is 0.292. The topological polar surface area (TPSA) is 12.9 Å². The Kier molecular flexibility index (Phi) is 4.34. The van der Waals surface area contributed by atoms with E-state index in [2.05, 4.69) is 82.3 Å². The third kappa shape index (κ3) is 3.28. The number of hydrogen-bond acceptors (Lipinski definition) is 1. The SMILES string of the molecule is C[C@H](Cc1c(C2CC2)nc2ccccc2c1-c1ccccc1)C(C)(C)C. The number of para-hydroxylation sites is 1. The van der Waals surface area contributed by atoms with E-state index in [4.69, 9.17) is 4.98 Å². The molecular formula is C25H29N. The van der Waals surface area contributed by atoms with Crippen molar-refractivity contribution in [3.05, 3.63) is 65.9 Å². The van der Waals surface area contributed by atoms with Crippen LogP contribution in [-0.4, -0.2) is 4.98 Å². The van der Waals surface area contributed by atoms with E-state index >= 15 is 0 Å². The molecule has 1 aromatic heterocycles. The molecule has 1 saturated carbocycles. The van der Waals surface area contributed by atoms with E-state index in [1.165, 1.54) is 40.6 Å². The number of benzene rings is 2. The molecule has 0 aliphatic heterocycles. The minimum Gasteiger partial charge on any atom is -0.252 e. The fourth-order valence-electron chi connectivity index (χ4n) is 3.72. The molecule has 1 nitrogen and oxygen atoms in total. The molecule has 1 heteroatoms. The smallest absolute Gasteiger partial charge is 0.0711 e. The Morgan fingerprint density at radius 3 is 2.27 bits per heavy atom. The van der Waals surface area contributed by atoms with Gasteiger partial charge in [-0.1, -0.05) is 76.2 Å². The summed E-state index contributed by atoms with van der Waals surface area (Å²) in [7, 11) is 0. The van der Waals surface area contributed by atoms with Crippen molar-refractivity contribution in [3.63, 3.8) is 0 Å². The number of aromatic nitrogens is 1. The summed E-state index contributed by atoms with van der Waals surface area (Å²) in [6.45, 7) is 9.45. The first-order chi connectivity index (χ1) is 12.4. The van der Waals surface area contributed by atoms with E-state index in [1.54, 1.807) is 0 Å². The van der Waals surface area contributed by atoms with Crippen LogP contribution in [0.2, 0.25) is 0 Å². The lowest BCUT2D eigenvalue weighted by Gasteiger charge is -2.29. The summed E-state index contributed by atoms with van der Waals surface area (Å²) in [5.74, 6) is 1.26. The van der Waals surface area contributed by atoms with Crippen LogP contribution in [0.25, 0.3) is 22.0 Å². The van der Waals surface area contributed by atoms with Crippen LogP contribution in [0.5, 0.6) is 0 Å². The maximum absolute atomic E-state index is 5.16. The summed E-state index contributed by atoms with van der Waals surface area (Å²) in [5, 5.41) is 1.29. The van der Waals surface area contributed by atoms with Crippen molar-refractivity contribution in [1.82, 2.24) is 4.98 Å². The molecule has 0 spiro atoms. The third-order valence-corrected chi connectivity index (χ3v) is 6.04. The predicted octanol–water partition coefficient (Wildman–Crippen LogP) is 7.00. The Hall–Kier alpha value is -2.15. The molecule has 1 atom stereocenters. The van der Waals surface area contributed by atoms with Gasteiger partial charge >= 0.3 is 0 Å². The second-order valence-electron chi connectivity index (χ2n) is 8.98. The van der Waals surface area contributed by atoms with Gasteiger partial charge in [-0.25, -0.2) is 0 Å². The Morgan fingerprint density at radius 1 is 0.962 bits per heavy atom. The number of nitrogens with zero attached hydrogens (tertiary/aromatic N) is 1. The molecule has 1 aliphatic carbocycles. The normalized spacial score (nSPS) is 16.0. The van der Waals surface area contributed by atoms with Crippen LogP contribution < -0.4 is 0 Å². The van der Waals surface area contributed by atoms with Crippen LogP contribution in [0.1, 0.15) is 57.7 Å². The zero-order chi connectivity index (χ0) is 18.3. The largest absolute Gasteiger partial charge is 0.252 e. The summed E-state index contributed by atoms with van der Waals surface area (Å²) in [6, 6.07) is 19.6. The maximum Gasteiger partial charge on any atom is 0.0711 e. The molecule has 2 aromatic carbocycles. The van der Waals surface area contributed by atoms with E-state index < -0.39 is 0 Å². The molecule has 4 rings (SSSR count). The first-order valence-electron chi connectivity index (χ1n) is 9.92. The lowest BCUT2D eigenvalue weighted by atomic mass is 9.76. The monoisotopic (exact) mass is 343 g/mol. The van der Waals surface area contributed by atoms with Crippen LogP contribution in [-0.2, 0) is 6.42 Å². The van der Waals surface area contributed by atoms with E-state index in [-0.39, 0.29) is 0 Å². The molecule has 0 radical (unpaired) electrons. The molecule has 1 heterocycles. The van der Waals surface area contributed by atoms with Crippen molar-refractivity contribution in [2.45, 2.75) is 52.9 Å². The van der Waals surface area contributed by atoms with Gasteiger partial charge in [-0.15, -0.1) is 0 Å². The Balaban J connectivity index is 1.99. The second kappa shape index (κ2) is 6.54. The van der Waals surface area contributed by atoms with Crippen molar-refractivity contribution in [1.29, 1.82) is 0 Å². The van der Waals surface area contributed by atoms with Gasteiger partial charge in [0.1, 0.15) is 0 Å². The Labute approximate surface area is 157 Å². The predicted molar refractivity (Wildman–Crippen MR) is 111 cm³/mol. The Bertz CT molecular complexity index is 914. The third-order valence-electron chi connectivity index (χ3n) is 6.04. The summed E-state index contributed by atoms with van der Waals surface area (Å²) in [4.78, 5) is 5.16. The van der Waals surface area contributed by atoms with Gasteiger partial charge in [0.2, 0.25) is 0 Å². The first kappa shape index (κ1) is 17.3. The number of fused-ring (bicyclic) bond motifs is 1. The quantitative estimate of drug-likeness (QED) is 0.497. The van der Waals surface area contributed by atoms with Gasteiger partial charge in [-0.2, -0.15) is 0 Å². The fourth-order valence-corrected chi connectivity index (χ4v) is 3.72. The molecule has 1 aliphatic rings. The molecule has 134 valence electrons. The molecule has 1 fully saturated rings. The average Bonchev–Trinajstić information content (AvgIpc) is 3.46. The van der Waals surface area contributed by atoms with Gasteiger partial charge in [0, 0.05) is 17.0 Å². The molecule has 26 heavy (non-hydrogen) atoms. The average molecular weight is 344 g/mol. The summed E-state index contributed by atoms with van der Waals surface area (Å²) >= 11 is 0. The Morgan fingerprint density at radius 2 is 1.62 bits per heavy atom. The van der Waals surface area contributed by atoms with Gasteiger partial charge < -0.3 is 0 Å². The fraction of sp³-hybridized carbons (Fsp3) is 0.400. The number of rotatable bonds is 4. The molecule has 0 N–H and O–H groups in total. The van der Waals surface area contributed by atoms with E-state index in [0.29, 0.717) is 17.3 Å². The van der Waals surface area contributed by atoms with Crippen LogP contribution >= 0.6 is 0 Å². The lowest BCUT2D eigenvalue weighted by Crippen LogP contribution is -2.20. The van der Waals surface area contributed by atoms with E-state index in [1.807, 2.05) is 0 Å². The highest BCUT2D eigenvalue weighted by atomic mass is 14.7. The summed E-state index contributed by atoms with van der Waals surface area (Å²) in [6.07, 6.45) is 3.67. The number of hydrogen-bond donors (Lipinski definition) is 0. The van der Waals surface area contributed by atoms with Crippen LogP contribution in [0.4, 0.5) is 0 Å². The molecular weight excluding hydrogens is 314 g/mol. The van der Waals surface area contributed by atoms with E-state index in [9.17, 15) is 0 Å². The van der Waals surface area contributed by atoms with Crippen LogP contribution in [0.15, 0.2) is 54.6 Å². The summed E-state index contributed by atoms with van der Waals surface area (Å²) in [5.41, 5.74) is 7.01. The van der Waals surface area contributed by atoms with Crippen molar-refractivity contribution in [3.8, 4) is 11.1 Å². The van der Waals surface area contributed by atoms with Crippen molar-refractivity contribution < 1.29 is 0 Å². The molecule has 0 saturated heterocycles. The van der Waals surface area contributed by atoms with Crippen molar-refractivity contribution in [2.24, 2.45) is 11.3 Å². The lowest BCUT2D eigenvalue weighted by molar-refractivity contribution is 0.260. The summed E-state index contributed by atoms with van der Waals surface area (Å²) < 4.78 is 0. The minimum absolute atomic E-state index is 0.292. The molecule has 0 unspecified atom stereocenters.